The molecule has 1 N–H and O–H groups in total. The quantitative estimate of drug-likeness (QED) is 0.786. The smallest absolute Gasteiger partial charge is 0.137 e. The molecule has 0 amide bonds. The number of hydrogen-bond acceptors (Lipinski definition) is 3. The fraction of sp³-hybridized carbons (Fsp3) is 0.733. The summed E-state index contributed by atoms with van der Waals surface area (Å²) in [5.41, 5.74) is 0.966. The number of rotatable bonds is 6. The molecule has 1 saturated carbocycles. The highest BCUT2D eigenvalue weighted by Crippen LogP contribution is 2.27. The van der Waals surface area contributed by atoms with Crippen LogP contribution in [0.4, 0.5) is 5.82 Å². The predicted octanol–water partition coefficient (Wildman–Crippen LogP) is 4.38. The molecule has 106 valence electrons. The summed E-state index contributed by atoms with van der Waals surface area (Å²) in [5, 5.41) is 4.03. The van der Waals surface area contributed by atoms with E-state index in [1.807, 2.05) is 6.92 Å². The first-order chi connectivity index (χ1) is 9.20. The molecule has 3 nitrogen and oxygen atoms in total. The highest BCUT2D eigenvalue weighted by Gasteiger charge is 2.15. The number of aromatic nitrogens is 2. The maximum Gasteiger partial charge on any atom is 0.137 e. The van der Waals surface area contributed by atoms with Crippen molar-refractivity contribution < 1.29 is 0 Å². The van der Waals surface area contributed by atoms with E-state index in [1.54, 1.807) is 0 Å². The molecule has 4 heteroatoms. The van der Waals surface area contributed by atoms with E-state index in [4.69, 9.17) is 11.6 Å². The molecule has 1 aliphatic carbocycles. The Kier molecular flexibility index (Phi) is 5.44. The molecule has 1 aromatic rings. The average Bonchev–Trinajstić information content (AvgIpc) is 2.88. The Balaban J connectivity index is 1.93. The normalized spacial score (nSPS) is 15.9. The van der Waals surface area contributed by atoms with Gasteiger partial charge in [0.15, 0.2) is 0 Å². The van der Waals surface area contributed by atoms with Gasteiger partial charge < -0.3 is 5.32 Å². The van der Waals surface area contributed by atoms with Crippen molar-refractivity contribution in [3.8, 4) is 0 Å². The molecule has 1 fully saturated rings. The first-order valence-corrected chi connectivity index (χ1v) is 7.85. The van der Waals surface area contributed by atoms with Gasteiger partial charge in [0.25, 0.3) is 0 Å². The maximum absolute atomic E-state index is 6.17. The zero-order valence-electron chi connectivity index (χ0n) is 12.0. The van der Waals surface area contributed by atoms with Crippen molar-refractivity contribution in [3.05, 3.63) is 16.5 Å². The highest BCUT2D eigenvalue weighted by atomic mass is 35.5. The molecule has 1 aromatic heterocycles. The van der Waals surface area contributed by atoms with Gasteiger partial charge in [-0.3, -0.25) is 0 Å². The molecule has 0 atom stereocenters. The van der Waals surface area contributed by atoms with E-state index < -0.39 is 0 Å². The molecule has 19 heavy (non-hydrogen) atoms. The van der Waals surface area contributed by atoms with Crippen molar-refractivity contribution in [2.75, 3.05) is 11.9 Å². The second kappa shape index (κ2) is 7.09. The molecule has 0 radical (unpaired) electrons. The highest BCUT2D eigenvalue weighted by molar-refractivity contribution is 6.30. The SMILES string of the molecule is CCCc1nc(Cl)c(C)c(NCCC2CCCC2)n1. The molecule has 0 aromatic carbocycles. The number of nitrogens with one attached hydrogen (secondary N) is 1. The summed E-state index contributed by atoms with van der Waals surface area (Å²) >= 11 is 6.17. The van der Waals surface area contributed by atoms with Crippen molar-refractivity contribution in [3.63, 3.8) is 0 Å². The van der Waals surface area contributed by atoms with Crippen molar-refractivity contribution in [2.45, 2.75) is 58.8 Å². The van der Waals surface area contributed by atoms with Gasteiger partial charge in [0, 0.05) is 18.5 Å². The van der Waals surface area contributed by atoms with Gasteiger partial charge in [0.1, 0.15) is 16.8 Å². The maximum atomic E-state index is 6.17. The van der Waals surface area contributed by atoms with Gasteiger partial charge in [-0.25, -0.2) is 9.97 Å². The molecule has 0 aliphatic heterocycles. The van der Waals surface area contributed by atoms with E-state index >= 15 is 0 Å². The lowest BCUT2D eigenvalue weighted by atomic mass is 10.0. The number of hydrogen-bond donors (Lipinski definition) is 1. The van der Waals surface area contributed by atoms with E-state index in [1.165, 1.54) is 32.1 Å². The monoisotopic (exact) mass is 281 g/mol. The summed E-state index contributed by atoms with van der Waals surface area (Å²) in [5.74, 6) is 2.67. The zero-order chi connectivity index (χ0) is 13.7. The van der Waals surface area contributed by atoms with Crippen LogP contribution in [-0.4, -0.2) is 16.5 Å². The zero-order valence-corrected chi connectivity index (χ0v) is 12.8. The third-order valence-corrected chi connectivity index (χ3v) is 4.29. The minimum absolute atomic E-state index is 0.585. The first kappa shape index (κ1) is 14.6. The van der Waals surface area contributed by atoms with Crippen molar-refractivity contribution in [2.24, 2.45) is 5.92 Å². The lowest BCUT2D eigenvalue weighted by Crippen LogP contribution is -2.11. The van der Waals surface area contributed by atoms with Crippen LogP contribution in [0, 0.1) is 12.8 Å². The molecular formula is C15H24ClN3. The van der Waals surface area contributed by atoms with Gasteiger partial charge in [0.2, 0.25) is 0 Å². The largest absolute Gasteiger partial charge is 0.370 e. The topological polar surface area (TPSA) is 37.8 Å². The van der Waals surface area contributed by atoms with Crippen LogP contribution in [0.25, 0.3) is 0 Å². The third-order valence-electron chi connectivity index (χ3n) is 3.93. The van der Waals surface area contributed by atoms with Gasteiger partial charge in [-0.1, -0.05) is 44.2 Å². The van der Waals surface area contributed by atoms with E-state index in [0.29, 0.717) is 5.15 Å². The van der Waals surface area contributed by atoms with Gasteiger partial charge >= 0.3 is 0 Å². The second-order valence-corrected chi connectivity index (χ2v) is 5.88. The number of halogens is 1. The second-order valence-electron chi connectivity index (χ2n) is 5.52. The minimum Gasteiger partial charge on any atom is -0.370 e. The van der Waals surface area contributed by atoms with E-state index in [0.717, 1.165) is 42.5 Å². The van der Waals surface area contributed by atoms with Crippen LogP contribution in [-0.2, 0) is 6.42 Å². The van der Waals surface area contributed by atoms with E-state index in [2.05, 4.69) is 22.2 Å². The standard InChI is InChI=1S/C15H24ClN3/c1-3-6-13-18-14(16)11(2)15(19-13)17-10-9-12-7-4-5-8-12/h12H,3-10H2,1-2H3,(H,17,18,19). The summed E-state index contributed by atoms with van der Waals surface area (Å²) in [7, 11) is 0. The first-order valence-electron chi connectivity index (χ1n) is 7.47. The van der Waals surface area contributed by atoms with Crippen molar-refractivity contribution in [1.29, 1.82) is 0 Å². The molecule has 1 heterocycles. The van der Waals surface area contributed by atoms with E-state index in [9.17, 15) is 0 Å². The number of anilines is 1. The fourth-order valence-electron chi connectivity index (χ4n) is 2.73. The van der Waals surface area contributed by atoms with Crippen LogP contribution in [0.2, 0.25) is 5.15 Å². The molecular weight excluding hydrogens is 258 g/mol. The van der Waals surface area contributed by atoms with Crippen LogP contribution < -0.4 is 5.32 Å². The fourth-order valence-corrected chi connectivity index (χ4v) is 2.92. The lowest BCUT2D eigenvalue weighted by molar-refractivity contribution is 0.518. The molecule has 2 rings (SSSR count). The summed E-state index contributed by atoms with van der Waals surface area (Å²) in [6.45, 7) is 5.10. The summed E-state index contributed by atoms with van der Waals surface area (Å²) in [6, 6.07) is 0. The van der Waals surface area contributed by atoms with Crippen LogP contribution in [0.15, 0.2) is 0 Å². The molecule has 0 spiro atoms. The third kappa shape index (κ3) is 4.07. The van der Waals surface area contributed by atoms with Gasteiger partial charge in [-0.05, 0) is 25.7 Å². The summed E-state index contributed by atoms with van der Waals surface area (Å²) in [6.07, 6.45) is 8.77. The molecule has 0 unspecified atom stereocenters. The Morgan fingerprint density at radius 3 is 2.68 bits per heavy atom. The number of aryl methyl sites for hydroxylation is 1. The van der Waals surface area contributed by atoms with Crippen LogP contribution in [0.5, 0.6) is 0 Å². The van der Waals surface area contributed by atoms with Crippen LogP contribution in [0.3, 0.4) is 0 Å². The number of nitrogens with zero attached hydrogens (tertiary/aromatic N) is 2. The molecule has 1 aliphatic rings. The van der Waals surface area contributed by atoms with Gasteiger partial charge in [0.05, 0.1) is 0 Å². The Bertz CT molecular complexity index is 414. The van der Waals surface area contributed by atoms with Gasteiger partial charge in [-0.15, -0.1) is 0 Å². The minimum atomic E-state index is 0.585. The van der Waals surface area contributed by atoms with Crippen LogP contribution in [0.1, 0.15) is 56.8 Å². The average molecular weight is 282 g/mol. The predicted molar refractivity (Wildman–Crippen MR) is 80.8 cm³/mol. The molecule has 0 bridgehead atoms. The Morgan fingerprint density at radius 1 is 1.26 bits per heavy atom. The van der Waals surface area contributed by atoms with Crippen molar-refractivity contribution in [1.82, 2.24) is 9.97 Å². The Morgan fingerprint density at radius 2 is 2.00 bits per heavy atom. The van der Waals surface area contributed by atoms with E-state index in [-0.39, 0.29) is 0 Å². The van der Waals surface area contributed by atoms with Crippen LogP contribution >= 0.6 is 11.6 Å². The lowest BCUT2D eigenvalue weighted by Gasteiger charge is -2.13. The summed E-state index contributed by atoms with van der Waals surface area (Å²) < 4.78 is 0. The summed E-state index contributed by atoms with van der Waals surface area (Å²) in [4.78, 5) is 8.90. The Hall–Kier alpha value is -0.830. The molecule has 0 saturated heterocycles. The van der Waals surface area contributed by atoms with Crippen molar-refractivity contribution >= 4 is 17.4 Å². The van der Waals surface area contributed by atoms with Gasteiger partial charge in [-0.2, -0.15) is 0 Å². The Labute approximate surface area is 121 Å².